The Kier molecular flexibility index (Phi) is 6.03. The number of urea groups is 1. The molecule has 1 heterocycles. The van der Waals surface area contributed by atoms with E-state index in [1.54, 1.807) is 31.4 Å². The van der Waals surface area contributed by atoms with Crippen LogP contribution in [-0.2, 0) is 4.79 Å². The van der Waals surface area contributed by atoms with Crippen molar-refractivity contribution in [2.24, 2.45) is 0 Å². The van der Waals surface area contributed by atoms with Gasteiger partial charge in [-0.3, -0.25) is 4.79 Å². The van der Waals surface area contributed by atoms with Crippen LogP contribution in [0, 0.1) is 6.92 Å². The van der Waals surface area contributed by atoms with Crippen LogP contribution in [0.4, 0.5) is 21.9 Å². The van der Waals surface area contributed by atoms with E-state index in [4.69, 9.17) is 9.47 Å². The molecule has 0 radical (unpaired) electrons. The Morgan fingerprint density at radius 3 is 2.54 bits per heavy atom. The second kappa shape index (κ2) is 8.65. The van der Waals surface area contributed by atoms with Gasteiger partial charge in [-0.1, -0.05) is 0 Å². The van der Waals surface area contributed by atoms with Crippen molar-refractivity contribution in [3.63, 3.8) is 0 Å². The van der Waals surface area contributed by atoms with E-state index in [0.29, 0.717) is 29.3 Å². The molecule has 1 saturated heterocycles. The first-order chi connectivity index (χ1) is 13.5. The first kappa shape index (κ1) is 19.5. The van der Waals surface area contributed by atoms with Gasteiger partial charge < -0.3 is 25.0 Å². The molecule has 3 rings (SSSR count). The first-order valence-electron chi connectivity index (χ1n) is 9.23. The molecule has 2 N–H and O–H groups in total. The number of methoxy groups -OCH3 is 2. The van der Waals surface area contributed by atoms with Crippen molar-refractivity contribution in [1.29, 1.82) is 0 Å². The van der Waals surface area contributed by atoms with E-state index in [1.807, 2.05) is 24.0 Å². The van der Waals surface area contributed by atoms with Crippen LogP contribution in [0.1, 0.15) is 24.8 Å². The predicted octanol–water partition coefficient (Wildman–Crippen LogP) is 4.17. The molecule has 0 saturated carbocycles. The third-order valence-electron chi connectivity index (χ3n) is 4.73. The molecule has 0 bridgehead atoms. The fraction of sp³-hybridized carbons (Fsp3) is 0.333. The molecule has 1 fully saturated rings. The summed E-state index contributed by atoms with van der Waals surface area (Å²) in [4.78, 5) is 26.3. The van der Waals surface area contributed by atoms with Gasteiger partial charge >= 0.3 is 6.03 Å². The number of piperidine rings is 1. The van der Waals surface area contributed by atoms with E-state index in [0.717, 1.165) is 30.6 Å². The van der Waals surface area contributed by atoms with E-state index in [-0.39, 0.29) is 11.9 Å². The molecule has 0 aliphatic carbocycles. The van der Waals surface area contributed by atoms with Gasteiger partial charge in [0, 0.05) is 30.4 Å². The minimum Gasteiger partial charge on any atom is -0.497 e. The highest BCUT2D eigenvalue weighted by atomic mass is 16.5. The second-order valence-electron chi connectivity index (χ2n) is 6.65. The molecule has 7 heteroatoms. The van der Waals surface area contributed by atoms with Crippen molar-refractivity contribution in [1.82, 2.24) is 0 Å². The number of rotatable bonds is 5. The van der Waals surface area contributed by atoms with Crippen LogP contribution >= 0.6 is 0 Å². The maximum absolute atomic E-state index is 12.4. The molecule has 28 heavy (non-hydrogen) atoms. The summed E-state index contributed by atoms with van der Waals surface area (Å²) in [5.41, 5.74) is 3.02. The maximum atomic E-state index is 12.4. The number of hydrogen-bond acceptors (Lipinski definition) is 4. The van der Waals surface area contributed by atoms with Crippen molar-refractivity contribution in [2.45, 2.75) is 26.2 Å². The molecule has 0 aromatic heterocycles. The fourth-order valence-corrected chi connectivity index (χ4v) is 3.28. The van der Waals surface area contributed by atoms with Crippen molar-refractivity contribution < 1.29 is 19.1 Å². The quantitative estimate of drug-likeness (QED) is 0.812. The van der Waals surface area contributed by atoms with Crippen LogP contribution < -0.4 is 25.0 Å². The first-order valence-corrected chi connectivity index (χ1v) is 9.23. The molecule has 0 spiro atoms. The van der Waals surface area contributed by atoms with Gasteiger partial charge in [-0.25, -0.2) is 4.79 Å². The number of nitrogens with zero attached hydrogens (tertiary/aromatic N) is 1. The van der Waals surface area contributed by atoms with Crippen LogP contribution in [0.3, 0.4) is 0 Å². The normalized spacial score (nSPS) is 13.8. The van der Waals surface area contributed by atoms with Gasteiger partial charge in [0.05, 0.1) is 19.9 Å². The Labute approximate surface area is 164 Å². The molecule has 7 nitrogen and oxygen atoms in total. The second-order valence-corrected chi connectivity index (χ2v) is 6.65. The number of anilines is 3. The highest BCUT2D eigenvalue weighted by molar-refractivity contribution is 6.01. The topological polar surface area (TPSA) is 79.9 Å². The zero-order valence-corrected chi connectivity index (χ0v) is 16.4. The number of amides is 3. The lowest BCUT2D eigenvalue weighted by Crippen LogP contribution is -2.35. The maximum Gasteiger partial charge on any atom is 0.323 e. The van der Waals surface area contributed by atoms with E-state index >= 15 is 0 Å². The monoisotopic (exact) mass is 383 g/mol. The van der Waals surface area contributed by atoms with Gasteiger partial charge in [0.2, 0.25) is 5.91 Å². The van der Waals surface area contributed by atoms with Crippen LogP contribution in [0.15, 0.2) is 36.4 Å². The lowest BCUT2D eigenvalue weighted by Gasteiger charge is -2.28. The average Bonchev–Trinajstić information content (AvgIpc) is 2.69. The third kappa shape index (κ3) is 4.36. The van der Waals surface area contributed by atoms with Crippen LogP contribution in [0.2, 0.25) is 0 Å². The summed E-state index contributed by atoms with van der Waals surface area (Å²) >= 11 is 0. The smallest absolute Gasteiger partial charge is 0.323 e. The van der Waals surface area contributed by atoms with Crippen LogP contribution in [0.25, 0.3) is 0 Å². The summed E-state index contributed by atoms with van der Waals surface area (Å²) in [6, 6.07) is 10.3. The Balaban J connectivity index is 1.69. The third-order valence-corrected chi connectivity index (χ3v) is 4.73. The van der Waals surface area contributed by atoms with E-state index in [9.17, 15) is 9.59 Å². The zero-order chi connectivity index (χ0) is 20.1. The number of carbonyl (C=O) groups excluding carboxylic acids is 2. The summed E-state index contributed by atoms with van der Waals surface area (Å²) in [6.07, 6.45) is 2.55. The van der Waals surface area contributed by atoms with Gasteiger partial charge in [0.15, 0.2) is 0 Å². The number of benzene rings is 2. The highest BCUT2D eigenvalue weighted by Crippen LogP contribution is 2.30. The Bertz CT molecular complexity index is 882. The van der Waals surface area contributed by atoms with Gasteiger partial charge in [-0.15, -0.1) is 0 Å². The predicted molar refractivity (Wildman–Crippen MR) is 110 cm³/mol. The number of nitrogens with one attached hydrogen (secondary N) is 2. The molecule has 1 aliphatic rings. The van der Waals surface area contributed by atoms with Crippen LogP contribution in [0.5, 0.6) is 11.5 Å². The molecule has 148 valence electrons. The molecular weight excluding hydrogens is 358 g/mol. The number of carbonyl (C=O) groups is 2. The van der Waals surface area contributed by atoms with Crippen molar-refractivity contribution >= 4 is 29.0 Å². The molecular formula is C21H25N3O4. The van der Waals surface area contributed by atoms with Gasteiger partial charge in [0.25, 0.3) is 0 Å². The Morgan fingerprint density at radius 1 is 1.04 bits per heavy atom. The molecule has 3 amide bonds. The van der Waals surface area contributed by atoms with Crippen molar-refractivity contribution in [2.75, 3.05) is 36.3 Å². The fourth-order valence-electron chi connectivity index (χ4n) is 3.28. The number of ether oxygens (including phenoxy) is 2. The molecule has 2 aromatic carbocycles. The average molecular weight is 383 g/mol. The molecule has 0 atom stereocenters. The number of hydrogen-bond donors (Lipinski definition) is 2. The number of aryl methyl sites for hydroxylation is 1. The molecule has 2 aromatic rings. The van der Waals surface area contributed by atoms with Crippen molar-refractivity contribution in [3.8, 4) is 11.5 Å². The van der Waals surface area contributed by atoms with Gasteiger partial charge in [0.1, 0.15) is 11.5 Å². The Morgan fingerprint density at radius 2 is 1.86 bits per heavy atom. The van der Waals surface area contributed by atoms with E-state index in [2.05, 4.69) is 10.6 Å². The Hall–Kier alpha value is -3.22. The zero-order valence-electron chi connectivity index (χ0n) is 16.4. The lowest BCUT2D eigenvalue weighted by molar-refractivity contribution is -0.119. The van der Waals surface area contributed by atoms with E-state index < -0.39 is 0 Å². The van der Waals surface area contributed by atoms with Crippen LogP contribution in [-0.4, -0.2) is 32.7 Å². The largest absolute Gasteiger partial charge is 0.497 e. The summed E-state index contributed by atoms with van der Waals surface area (Å²) in [6.45, 7) is 2.68. The summed E-state index contributed by atoms with van der Waals surface area (Å²) in [7, 11) is 3.10. The van der Waals surface area contributed by atoms with E-state index in [1.165, 1.54) is 7.11 Å². The standard InChI is InChI=1S/C21H25N3O4/c1-14-12-15(7-10-18(14)24-11-5-4-6-20(24)25)22-21(26)23-17-9-8-16(27-2)13-19(17)28-3/h7-10,12-13H,4-6,11H2,1-3H3,(H2,22,23,26). The summed E-state index contributed by atoms with van der Waals surface area (Å²) < 4.78 is 10.4. The lowest BCUT2D eigenvalue weighted by atomic mass is 10.1. The van der Waals surface area contributed by atoms with Crippen molar-refractivity contribution in [3.05, 3.63) is 42.0 Å². The summed E-state index contributed by atoms with van der Waals surface area (Å²) in [5, 5.41) is 5.58. The molecule has 0 unspecified atom stereocenters. The minimum atomic E-state index is -0.385. The molecule has 1 aliphatic heterocycles. The minimum absolute atomic E-state index is 0.152. The van der Waals surface area contributed by atoms with Gasteiger partial charge in [-0.2, -0.15) is 0 Å². The highest BCUT2D eigenvalue weighted by Gasteiger charge is 2.21. The summed E-state index contributed by atoms with van der Waals surface area (Å²) in [5.74, 6) is 1.30. The SMILES string of the molecule is COc1ccc(NC(=O)Nc2ccc(N3CCCCC3=O)c(C)c2)c(OC)c1. The van der Waals surface area contributed by atoms with Gasteiger partial charge in [-0.05, 0) is 55.7 Å².